The largest absolute Gasteiger partial charge is 0.352 e. The predicted octanol–water partition coefficient (Wildman–Crippen LogP) is 2.81. The van der Waals surface area contributed by atoms with Crippen molar-refractivity contribution >= 4 is 5.91 Å². The summed E-state index contributed by atoms with van der Waals surface area (Å²) in [4.78, 5) is 12.7. The number of nitrogens with zero attached hydrogens (tertiary/aromatic N) is 3. The lowest BCUT2D eigenvalue weighted by Crippen LogP contribution is -2.33. The van der Waals surface area contributed by atoms with Gasteiger partial charge in [-0.1, -0.05) is 37.5 Å². The Bertz CT molecular complexity index is 721. The molecule has 0 aliphatic heterocycles. The van der Waals surface area contributed by atoms with Crippen molar-refractivity contribution in [3.05, 3.63) is 29.8 Å². The number of carbonyl (C=O) groups excluding carboxylic acids is 1. The van der Waals surface area contributed by atoms with Crippen LogP contribution in [0.1, 0.15) is 56.9 Å². The van der Waals surface area contributed by atoms with E-state index in [9.17, 15) is 4.79 Å². The minimum Gasteiger partial charge on any atom is -0.352 e. The Hall–Kier alpha value is -2.24. The van der Waals surface area contributed by atoms with Gasteiger partial charge in [0.15, 0.2) is 0 Å². The number of aromatic amines is 1. The molecule has 6 nitrogen and oxygen atoms in total. The molecule has 1 aromatic carbocycles. The number of nitrogens with one attached hydrogen (secondary N) is 2. The van der Waals surface area contributed by atoms with Gasteiger partial charge in [0.25, 0.3) is 0 Å². The van der Waals surface area contributed by atoms with Gasteiger partial charge in [0.05, 0.1) is 5.92 Å². The number of hydrogen-bond donors (Lipinski definition) is 2. The second kappa shape index (κ2) is 6.00. The molecule has 1 spiro atoms. The molecular weight excluding hydrogens is 302 g/mol. The van der Waals surface area contributed by atoms with Crippen molar-refractivity contribution in [2.75, 3.05) is 0 Å². The summed E-state index contributed by atoms with van der Waals surface area (Å²) in [5.41, 5.74) is 2.27. The molecule has 2 saturated carbocycles. The average Bonchev–Trinajstić information content (AvgIpc) is 3.04. The normalized spacial score (nSPS) is 23.0. The molecule has 1 aromatic heterocycles. The number of amides is 1. The Morgan fingerprint density at radius 3 is 2.92 bits per heavy atom. The summed E-state index contributed by atoms with van der Waals surface area (Å²) in [6.45, 7) is 1.96. The number of tetrazole rings is 1. The third kappa shape index (κ3) is 2.81. The molecule has 0 radical (unpaired) electrons. The van der Waals surface area contributed by atoms with Gasteiger partial charge in [-0.15, -0.1) is 10.2 Å². The number of benzene rings is 1. The summed E-state index contributed by atoms with van der Waals surface area (Å²) in [5.74, 6) is 0.485. The molecule has 2 aromatic rings. The molecule has 6 heteroatoms. The quantitative estimate of drug-likeness (QED) is 0.905. The van der Waals surface area contributed by atoms with Crippen molar-refractivity contribution < 1.29 is 4.79 Å². The maximum atomic E-state index is 12.7. The number of rotatable bonds is 4. The van der Waals surface area contributed by atoms with E-state index in [1.54, 1.807) is 0 Å². The van der Waals surface area contributed by atoms with E-state index in [4.69, 9.17) is 0 Å². The zero-order valence-corrected chi connectivity index (χ0v) is 14.0. The zero-order chi connectivity index (χ0) is 16.6. The van der Waals surface area contributed by atoms with Crippen molar-refractivity contribution in [3.63, 3.8) is 0 Å². The van der Waals surface area contributed by atoms with Gasteiger partial charge in [-0.2, -0.15) is 5.21 Å². The summed E-state index contributed by atoms with van der Waals surface area (Å²) in [5, 5.41) is 17.3. The molecule has 126 valence electrons. The standard InChI is InChI=1S/C18H23N5O/c1-12(13-6-5-7-14(10-13)16-20-22-23-21-16)17(24)19-15-11-18(15)8-3-2-4-9-18/h5-7,10,12,15H,2-4,8-9,11H2,1H3,(H,19,24)(H,20,21,22,23). The lowest BCUT2D eigenvalue weighted by atomic mass is 9.85. The van der Waals surface area contributed by atoms with Gasteiger partial charge < -0.3 is 5.32 Å². The first-order valence-electron chi connectivity index (χ1n) is 8.82. The summed E-state index contributed by atoms with van der Waals surface area (Å²) < 4.78 is 0. The number of H-pyrrole nitrogens is 1. The molecule has 4 rings (SSSR count). The van der Waals surface area contributed by atoms with Crippen LogP contribution in [0, 0.1) is 5.41 Å². The molecule has 2 aliphatic carbocycles. The van der Waals surface area contributed by atoms with Crippen LogP contribution in [0.2, 0.25) is 0 Å². The van der Waals surface area contributed by atoms with Gasteiger partial charge in [-0.25, -0.2) is 0 Å². The number of aromatic nitrogens is 4. The lowest BCUT2D eigenvalue weighted by molar-refractivity contribution is -0.122. The summed E-state index contributed by atoms with van der Waals surface area (Å²) in [6.07, 6.45) is 7.69. The summed E-state index contributed by atoms with van der Waals surface area (Å²) >= 11 is 0. The van der Waals surface area contributed by atoms with E-state index in [-0.39, 0.29) is 11.8 Å². The Balaban J connectivity index is 1.43. The first-order chi connectivity index (χ1) is 11.7. The fourth-order valence-corrected chi connectivity index (χ4v) is 4.04. The van der Waals surface area contributed by atoms with Crippen LogP contribution in [-0.4, -0.2) is 32.6 Å². The first kappa shape index (κ1) is 15.3. The Kier molecular flexibility index (Phi) is 3.82. The van der Waals surface area contributed by atoms with E-state index >= 15 is 0 Å². The van der Waals surface area contributed by atoms with Crippen molar-refractivity contribution in [2.45, 2.75) is 57.4 Å². The van der Waals surface area contributed by atoms with Crippen molar-refractivity contribution in [2.24, 2.45) is 5.41 Å². The Morgan fingerprint density at radius 2 is 2.17 bits per heavy atom. The highest BCUT2D eigenvalue weighted by atomic mass is 16.2. The molecule has 0 bridgehead atoms. The monoisotopic (exact) mass is 325 g/mol. The molecule has 1 heterocycles. The van der Waals surface area contributed by atoms with Crippen LogP contribution < -0.4 is 5.32 Å². The molecule has 2 fully saturated rings. The Labute approximate surface area is 141 Å². The second-order valence-electron chi connectivity index (χ2n) is 7.27. The number of hydrogen-bond acceptors (Lipinski definition) is 4. The van der Waals surface area contributed by atoms with Crippen LogP contribution in [0.25, 0.3) is 11.4 Å². The minimum atomic E-state index is -0.182. The highest BCUT2D eigenvalue weighted by molar-refractivity contribution is 5.84. The third-order valence-electron chi connectivity index (χ3n) is 5.74. The van der Waals surface area contributed by atoms with Gasteiger partial charge in [-0.05, 0) is 48.4 Å². The van der Waals surface area contributed by atoms with Gasteiger partial charge in [0.1, 0.15) is 0 Å². The molecule has 2 unspecified atom stereocenters. The number of carbonyl (C=O) groups is 1. The van der Waals surface area contributed by atoms with Crippen LogP contribution in [-0.2, 0) is 4.79 Å². The van der Waals surface area contributed by atoms with E-state index < -0.39 is 0 Å². The highest BCUT2D eigenvalue weighted by Crippen LogP contribution is 2.56. The zero-order valence-electron chi connectivity index (χ0n) is 14.0. The molecular formula is C18H23N5O. The van der Waals surface area contributed by atoms with Crippen molar-refractivity contribution in [3.8, 4) is 11.4 Å². The molecule has 2 atom stereocenters. The molecule has 2 N–H and O–H groups in total. The van der Waals surface area contributed by atoms with Gasteiger partial charge in [0, 0.05) is 11.6 Å². The maximum absolute atomic E-state index is 12.7. The molecule has 0 saturated heterocycles. The van der Waals surface area contributed by atoms with E-state index in [2.05, 4.69) is 25.9 Å². The van der Waals surface area contributed by atoms with E-state index in [0.717, 1.165) is 17.5 Å². The Morgan fingerprint density at radius 1 is 1.33 bits per heavy atom. The fraction of sp³-hybridized carbons (Fsp3) is 0.556. The van der Waals surface area contributed by atoms with Gasteiger partial charge in [-0.3, -0.25) is 4.79 Å². The van der Waals surface area contributed by atoms with E-state index in [0.29, 0.717) is 17.3 Å². The third-order valence-corrected chi connectivity index (χ3v) is 5.74. The molecule has 1 amide bonds. The maximum Gasteiger partial charge on any atom is 0.227 e. The average molecular weight is 325 g/mol. The van der Waals surface area contributed by atoms with E-state index in [1.165, 1.54) is 32.1 Å². The van der Waals surface area contributed by atoms with Gasteiger partial charge >= 0.3 is 0 Å². The fourth-order valence-electron chi connectivity index (χ4n) is 4.04. The summed E-state index contributed by atoms with van der Waals surface area (Å²) in [7, 11) is 0. The minimum absolute atomic E-state index is 0.118. The van der Waals surface area contributed by atoms with Gasteiger partial charge in [0.2, 0.25) is 11.7 Å². The topological polar surface area (TPSA) is 83.6 Å². The van der Waals surface area contributed by atoms with Crippen molar-refractivity contribution in [1.29, 1.82) is 0 Å². The van der Waals surface area contributed by atoms with Crippen LogP contribution in [0.5, 0.6) is 0 Å². The predicted molar refractivity (Wildman–Crippen MR) is 90.1 cm³/mol. The second-order valence-corrected chi connectivity index (χ2v) is 7.27. The lowest BCUT2D eigenvalue weighted by Gasteiger charge is -2.23. The highest BCUT2D eigenvalue weighted by Gasteiger charge is 2.54. The molecule has 2 aliphatic rings. The van der Waals surface area contributed by atoms with Crippen LogP contribution in [0.15, 0.2) is 24.3 Å². The van der Waals surface area contributed by atoms with E-state index in [1.807, 2.05) is 31.2 Å². The van der Waals surface area contributed by atoms with Crippen LogP contribution >= 0.6 is 0 Å². The SMILES string of the molecule is CC(C(=O)NC1CC12CCCCC2)c1cccc(-c2nn[nH]n2)c1. The summed E-state index contributed by atoms with van der Waals surface area (Å²) in [6, 6.07) is 8.20. The van der Waals surface area contributed by atoms with Crippen LogP contribution in [0.3, 0.4) is 0 Å². The molecule has 24 heavy (non-hydrogen) atoms. The van der Waals surface area contributed by atoms with Crippen molar-refractivity contribution in [1.82, 2.24) is 25.9 Å². The smallest absolute Gasteiger partial charge is 0.227 e. The first-order valence-corrected chi connectivity index (χ1v) is 8.82. The van der Waals surface area contributed by atoms with Crippen LogP contribution in [0.4, 0.5) is 0 Å².